The zero-order chi connectivity index (χ0) is 22.9. The predicted octanol–water partition coefficient (Wildman–Crippen LogP) is 4.05. The lowest BCUT2D eigenvalue weighted by Gasteiger charge is -2.16. The quantitative estimate of drug-likeness (QED) is 0.559. The van der Waals surface area contributed by atoms with Crippen LogP contribution in [0.4, 0.5) is 9.59 Å². The summed E-state index contributed by atoms with van der Waals surface area (Å²) in [6, 6.07) is 17.0. The zero-order valence-corrected chi connectivity index (χ0v) is 19.0. The van der Waals surface area contributed by atoms with E-state index < -0.39 is 0 Å². The van der Waals surface area contributed by atoms with Crippen LogP contribution in [-0.2, 0) is 11.2 Å². The van der Waals surface area contributed by atoms with E-state index in [1.807, 2.05) is 37.3 Å². The van der Waals surface area contributed by atoms with Crippen LogP contribution >= 0.6 is 11.8 Å². The van der Waals surface area contributed by atoms with Gasteiger partial charge in [-0.3, -0.25) is 14.5 Å². The minimum atomic E-state index is -0.353. The monoisotopic (exact) mass is 453 g/mol. The lowest BCUT2D eigenvalue weighted by Crippen LogP contribution is -2.44. The first-order valence-corrected chi connectivity index (χ1v) is 11.3. The van der Waals surface area contributed by atoms with Crippen LogP contribution in [-0.4, -0.2) is 48.3 Å². The lowest BCUT2D eigenvalue weighted by molar-refractivity contribution is -0.122. The van der Waals surface area contributed by atoms with Gasteiger partial charge >= 0.3 is 6.03 Å². The maximum absolute atomic E-state index is 12.6. The Labute approximate surface area is 192 Å². The molecular formula is C24H27N3O4S. The van der Waals surface area contributed by atoms with Gasteiger partial charge in [-0.25, -0.2) is 4.79 Å². The summed E-state index contributed by atoms with van der Waals surface area (Å²) < 4.78 is 5.12. The first-order chi connectivity index (χ1) is 15.5. The van der Waals surface area contributed by atoms with Crippen LogP contribution in [0.1, 0.15) is 24.5 Å². The lowest BCUT2D eigenvalue weighted by atomic mass is 10.1. The third-order valence-electron chi connectivity index (χ3n) is 4.99. The highest BCUT2D eigenvalue weighted by molar-refractivity contribution is 8.18. The van der Waals surface area contributed by atoms with Crippen molar-refractivity contribution in [1.82, 2.24) is 15.5 Å². The van der Waals surface area contributed by atoms with Crippen LogP contribution in [0.3, 0.4) is 0 Å². The predicted molar refractivity (Wildman–Crippen MR) is 126 cm³/mol. The van der Waals surface area contributed by atoms with E-state index in [0.717, 1.165) is 35.1 Å². The van der Waals surface area contributed by atoms with E-state index in [1.165, 1.54) is 5.56 Å². The van der Waals surface area contributed by atoms with E-state index in [4.69, 9.17) is 4.74 Å². The number of nitrogens with one attached hydrogen (secondary N) is 2. The van der Waals surface area contributed by atoms with Crippen LogP contribution < -0.4 is 15.4 Å². The van der Waals surface area contributed by atoms with Crippen molar-refractivity contribution in [3.05, 3.63) is 70.6 Å². The molecule has 7 nitrogen and oxygen atoms in total. The number of hydrogen-bond donors (Lipinski definition) is 2. The number of rotatable bonds is 9. The van der Waals surface area contributed by atoms with Gasteiger partial charge in [0, 0.05) is 19.1 Å². The topological polar surface area (TPSA) is 87.7 Å². The molecule has 2 N–H and O–H groups in total. The molecule has 0 saturated carbocycles. The number of ether oxygens (including phenoxy) is 1. The Hall–Kier alpha value is -3.26. The molecule has 0 radical (unpaired) electrons. The van der Waals surface area contributed by atoms with Crippen molar-refractivity contribution < 1.29 is 19.1 Å². The molecule has 168 valence electrons. The van der Waals surface area contributed by atoms with Gasteiger partial charge in [0.25, 0.3) is 11.1 Å². The highest BCUT2D eigenvalue weighted by atomic mass is 32.2. The summed E-state index contributed by atoms with van der Waals surface area (Å²) in [6.45, 7) is 2.25. The highest BCUT2D eigenvalue weighted by Gasteiger charge is 2.34. The van der Waals surface area contributed by atoms with Crippen molar-refractivity contribution >= 4 is 35.0 Å². The van der Waals surface area contributed by atoms with Gasteiger partial charge in [0.15, 0.2) is 0 Å². The standard InChI is InChI=1S/C24H27N3O4S/c1-17(8-9-18-6-4-3-5-7-18)26-23(29)25-14-15-27-22(28)21(32-24(27)30)16-19-10-12-20(31-2)13-11-19/h3-7,10-13,16-17H,8-9,14-15H2,1-2H3,(H2,25,26,29). The second kappa shape index (κ2) is 11.4. The molecule has 1 aliphatic heterocycles. The number of thioether (sulfide) groups is 1. The van der Waals surface area contributed by atoms with Crippen LogP contribution in [0.2, 0.25) is 0 Å². The fourth-order valence-corrected chi connectivity index (χ4v) is 4.07. The molecule has 0 bridgehead atoms. The summed E-state index contributed by atoms with van der Waals surface area (Å²) in [7, 11) is 1.58. The molecule has 2 aromatic carbocycles. The van der Waals surface area contributed by atoms with Gasteiger partial charge in [0.1, 0.15) is 5.75 Å². The number of urea groups is 1. The molecule has 1 unspecified atom stereocenters. The number of imide groups is 1. The smallest absolute Gasteiger partial charge is 0.315 e. The van der Waals surface area contributed by atoms with Gasteiger partial charge < -0.3 is 15.4 Å². The molecule has 3 rings (SSSR count). The number of hydrogen-bond acceptors (Lipinski definition) is 5. The average molecular weight is 454 g/mol. The fourth-order valence-electron chi connectivity index (χ4n) is 3.20. The first kappa shape index (κ1) is 23.4. The SMILES string of the molecule is COc1ccc(C=C2SC(=O)N(CCNC(=O)NC(C)CCc3ccccc3)C2=O)cc1. The summed E-state index contributed by atoms with van der Waals surface area (Å²) >= 11 is 0.900. The molecule has 1 saturated heterocycles. The largest absolute Gasteiger partial charge is 0.497 e. The Bertz CT molecular complexity index is 976. The Kier molecular flexibility index (Phi) is 8.33. The van der Waals surface area contributed by atoms with Gasteiger partial charge in [-0.1, -0.05) is 42.5 Å². The molecule has 2 aromatic rings. The Morgan fingerprint density at radius 1 is 1.12 bits per heavy atom. The summed E-state index contributed by atoms with van der Waals surface area (Å²) in [5.74, 6) is 0.364. The van der Waals surface area contributed by atoms with Crippen molar-refractivity contribution in [3.8, 4) is 5.75 Å². The number of methoxy groups -OCH3 is 1. The van der Waals surface area contributed by atoms with Crippen molar-refractivity contribution in [2.24, 2.45) is 0 Å². The molecule has 1 fully saturated rings. The van der Waals surface area contributed by atoms with E-state index in [2.05, 4.69) is 22.8 Å². The minimum Gasteiger partial charge on any atom is -0.497 e. The van der Waals surface area contributed by atoms with Crippen molar-refractivity contribution in [3.63, 3.8) is 0 Å². The Balaban J connectivity index is 1.42. The third kappa shape index (κ3) is 6.62. The normalized spacial score (nSPS) is 15.7. The molecule has 0 aliphatic carbocycles. The summed E-state index contributed by atoms with van der Waals surface area (Å²) in [6.07, 6.45) is 3.37. The highest BCUT2D eigenvalue weighted by Crippen LogP contribution is 2.32. The van der Waals surface area contributed by atoms with E-state index >= 15 is 0 Å². The van der Waals surface area contributed by atoms with Gasteiger partial charge in [0.05, 0.1) is 12.0 Å². The van der Waals surface area contributed by atoms with E-state index in [0.29, 0.717) is 10.7 Å². The van der Waals surface area contributed by atoms with Crippen molar-refractivity contribution in [2.75, 3.05) is 20.2 Å². The molecule has 0 aromatic heterocycles. The van der Waals surface area contributed by atoms with Gasteiger partial charge in [0.2, 0.25) is 0 Å². The number of amides is 4. The number of nitrogens with zero attached hydrogens (tertiary/aromatic N) is 1. The molecular weight excluding hydrogens is 426 g/mol. The molecule has 4 amide bonds. The third-order valence-corrected chi connectivity index (χ3v) is 5.90. The molecule has 0 spiro atoms. The Morgan fingerprint density at radius 2 is 1.84 bits per heavy atom. The maximum Gasteiger partial charge on any atom is 0.315 e. The van der Waals surface area contributed by atoms with Crippen LogP contribution in [0.15, 0.2) is 59.5 Å². The summed E-state index contributed by atoms with van der Waals surface area (Å²) in [5, 5.41) is 5.26. The summed E-state index contributed by atoms with van der Waals surface area (Å²) in [4.78, 5) is 38.5. The fraction of sp³-hybridized carbons (Fsp3) is 0.292. The molecule has 1 atom stereocenters. The van der Waals surface area contributed by atoms with Crippen LogP contribution in [0.25, 0.3) is 6.08 Å². The number of aryl methyl sites for hydroxylation is 1. The van der Waals surface area contributed by atoms with Gasteiger partial charge in [-0.15, -0.1) is 0 Å². The van der Waals surface area contributed by atoms with Gasteiger partial charge in [-0.05, 0) is 60.9 Å². The zero-order valence-electron chi connectivity index (χ0n) is 18.2. The first-order valence-electron chi connectivity index (χ1n) is 10.4. The minimum absolute atomic E-state index is 0.000144. The van der Waals surface area contributed by atoms with Crippen LogP contribution in [0, 0.1) is 0 Å². The van der Waals surface area contributed by atoms with Crippen molar-refractivity contribution in [2.45, 2.75) is 25.8 Å². The van der Waals surface area contributed by atoms with E-state index in [9.17, 15) is 14.4 Å². The van der Waals surface area contributed by atoms with Gasteiger partial charge in [-0.2, -0.15) is 0 Å². The molecule has 32 heavy (non-hydrogen) atoms. The van der Waals surface area contributed by atoms with Crippen molar-refractivity contribution in [1.29, 1.82) is 0 Å². The average Bonchev–Trinajstić information content (AvgIpc) is 3.06. The van der Waals surface area contributed by atoms with E-state index in [1.54, 1.807) is 25.3 Å². The number of carbonyl (C=O) groups excluding carboxylic acids is 3. The maximum atomic E-state index is 12.6. The number of benzene rings is 2. The molecule has 1 heterocycles. The van der Waals surface area contributed by atoms with Crippen LogP contribution in [0.5, 0.6) is 5.75 Å². The second-order valence-electron chi connectivity index (χ2n) is 7.43. The van der Waals surface area contributed by atoms with E-state index in [-0.39, 0.29) is 36.3 Å². The Morgan fingerprint density at radius 3 is 2.53 bits per heavy atom. The summed E-state index contributed by atoms with van der Waals surface area (Å²) in [5.41, 5.74) is 2.03. The second-order valence-corrected chi connectivity index (χ2v) is 8.43. The molecule has 8 heteroatoms. The molecule has 1 aliphatic rings. The number of carbonyl (C=O) groups is 3.